The Labute approximate surface area is 148 Å². The van der Waals surface area contributed by atoms with Crippen LogP contribution in [0.1, 0.15) is 5.69 Å². The van der Waals surface area contributed by atoms with Crippen molar-refractivity contribution in [1.29, 1.82) is 0 Å². The number of amides is 1. The first-order valence-corrected chi connectivity index (χ1v) is 8.54. The first-order valence-electron chi connectivity index (χ1n) is 7.18. The van der Waals surface area contributed by atoms with Crippen molar-refractivity contribution in [2.75, 3.05) is 5.75 Å². The first-order chi connectivity index (χ1) is 11.7. The highest BCUT2D eigenvalue weighted by Crippen LogP contribution is 2.21. The molecule has 0 unspecified atom stereocenters. The van der Waals surface area contributed by atoms with Crippen LogP contribution in [0.4, 0.5) is 0 Å². The number of benzene rings is 1. The molecule has 2 aromatic heterocycles. The quantitative estimate of drug-likeness (QED) is 0.685. The summed E-state index contributed by atoms with van der Waals surface area (Å²) in [7, 11) is 0. The zero-order chi connectivity index (χ0) is 16.8. The fraction of sp³-hybridized carbons (Fsp3) is 0.125. The summed E-state index contributed by atoms with van der Waals surface area (Å²) in [6.07, 6.45) is 3.30. The lowest BCUT2D eigenvalue weighted by Crippen LogP contribution is -2.25. The Bertz CT molecular complexity index is 824. The van der Waals surface area contributed by atoms with Gasteiger partial charge in [0.05, 0.1) is 23.7 Å². The summed E-state index contributed by atoms with van der Waals surface area (Å²) < 4.78 is 1.79. The maximum Gasteiger partial charge on any atom is 0.230 e. The van der Waals surface area contributed by atoms with E-state index in [1.54, 1.807) is 23.2 Å². The molecular formula is C16H14ClN5OS. The molecule has 0 saturated carbocycles. The summed E-state index contributed by atoms with van der Waals surface area (Å²) in [5.74, 6) is 0.151. The van der Waals surface area contributed by atoms with E-state index >= 15 is 0 Å². The van der Waals surface area contributed by atoms with Gasteiger partial charge in [-0.3, -0.25) is 14.3 Å². The molecule has 24 heavy (non-hydrogen) atoms. The van der Waals surface area contributed by atoms with Crippen molar-refractivity contribution in [2.45, 2.75) is 11.7 Å². The molecule has 0 bridgehead atoms. The molecule has 1 amide bonds. The highest BCUT2D eigenvalue weighted by Gasteiger charge is 2.10. The maximum atomic E-state index is 12.0. The normalized spacial score (nSPS) is 10.5. The molecule has 6 nitrogen and oxygen atoms in total. The lowest BCUT2D eigenvalue weighted by molar-refractivity contribution is -0.118. The van der Waals surface area contributed by atoms with Crippen molar-refractivity contribution in [3.63, 3.8) is 0 Å². The van der Waals surface area contributed by atoms with Gasteiger partial charge in [-0.15, -0.1) is 10.2 Å². The molecule has 3 rings (SSSR count). The lowest BCUT2D eigenvalue weighted by atomic mass is 10.3. The maximum absolute atomic E-state index is 12.0. The van der Waals surface area contributed by atoms with Crippen molar-refractivity contribution in [3.8, 4) is 5.69 Å². The molecular weight excluding hydrogens is 346 g/mol. The molecule has 0 spiro atoms. The summed E-state index contributed by atoms with van der Waals surface area (Å²) in [5, 5.41) is 12.0. The standard InChI is InChI=1S/C16H14ClN5OS/c17-12-4-3-6-14(8-12)22-11-20-21-16(22)24-10-15(23)19-9-13-5-1-2-7-18-13/h1-8,11H,9-10H2,(H,19,23). The first kappa shape index (κ1) is 16.5. The van der Waals surface area contributed by atoms with E-state index in [1.165, 1.54) is 11.8 Å². The van der Waals surface area contributed by atoms with E-state index < -0.39 is 0 Å². The topological polar surface area (TPSA) is 72.7 Å². The fourth-order valence-electron chi connectivity index (χ4n) is 2.00. The molecule has 0 radical (unpaired) electrons. The summed E-state index contributed by atoms with van der Waals surface area (Å²) in [4.78, 5) is 16.1. The van der Waals surface area contributed by atoms with Crippen molar-refractivity contribution < 1.29 is 4.79 Å². The zero-order valence-electron chi connectivity index (χ0n) is 12.6. The van der Waals surface area contributed by atoms with Gasteiger partial charge in [0.25, 0.3) is 0 Å². The van der Waals surface area contributed by atoms with Gasteiger partial charge in [-0.05, 0) is 30.3 Å². The summed E-state index contributed by atoms with van der Waals surface area (Å²) in [6.45, 7) is 0.404. The second-order valence-corrected chi connectivity index (χ2v) is 6.23. The molecule has 3 aromatic rings. The van der Waals surface area contributed by atoms with E-state index in [4.69, 9.17) is 11.6 Å². The highest BCUT2D eigenvalue weighted by molar-refractivity contribution is 7.99. The van der Waals surface area contributed by atoms with Crippen LogP contribution in [0.15, 0.2) is 60.1 Å². The predicted octanol–water partition coefficient (Wildman–Crippen LogP) is 2.72. The van der Waals surface area contributed by atoms with E-state index in [1.807, 2.05) is 36.4 Å². The van der Waals surface area contributed by atoms with Gasteiger partial charge in [-0.1, -0.05) is 35.5 Å². The Morgan fingerprint density at radius 1 is 1.25 bits per heavy atom. The van der Waals surface area contributed by atoms with Crippen LogP contribution in [0.25, 0.3) is 5.69 Å². The van der Waals surface area contributed by atoms with Crippen molar-refractivity contribution in [3.05, 3.63) is 65.7 Å². The number of rotatable bonds is 6. The molecule has 0 saturated heterocycles. The van der Waals surface area contributed by atoms with Gasteiger partial charge in [0.1, 0.15) is 6.33 Å². The van der Waals surface area contributed by atoms with Gasteiger partial charge in [-0.25, -0.2) is 0 Å². The van der Waals surface area contributed by atoms with Gasteiger partial charge >= 0.3 is 0 Å². The molecule has 0 aliphatic heterocycles. The third kappa shape index (κ3) is 4.33. The van der Waals surface area contributed by atoms with Crippen LogP contribution >= 0.6 is 23.4 Å². The van der Waals surface area contributed by atoms with E-state index in [0.29, 0.717) is 16.7 Å². The molecule has 1 N–H and O–H groups in total. The second kappa shape index (κ2) is 7.94. The minimum absolute atomic E-state index is 0.0914. The van der Waals surface area contributed by atoms with Crippen LogP contribution < -0.4 is 5.32 Å². The van der Waals surface area contributed by atoms with Crippen LogP contribution in [-0.4, -0.2) is 31.4 Å². The Balaban J connectivity index is 1.57. The minimum Gasteiger partial charge on any atom is -0.350 e. The lowest BCUT2D eigenvalue weighted by Gasteiger charge is -2.07. The molecule has 0 aliphatic rings. The van der Waals surface area contributed by atoms with Gasteiger partial charge < -0.3 is 5.32 Å². The highest BCUT2D eigenvalue weighted by atomic mass is 35.5. The van der Waals surface area contributed by atoms with E-state index in [2.05, 4.69) is 20.5 Å². The number of hydrogen-bond donors (Lipinski definition) is 1. The average Bonchev–Trinajstić information content (AvgIpc) is 3.08. The second-order valence-electron chi connectivity index (χ2n) is 4.85. The Hall–Kier alpha value is -2.38. The number of thioether (sulfide) groups is 1. The fourth-order valence-corrected chi connectivity index (χ4v) is 2.94. The van der Waals surface area contributed by atoms with E-state index in [0.717, 1.165) is 11.4 Å². The van der Waals surface area contributed by atoms with E-state index in [9.17, 15) is 4.79 Å². The molecule has 0 atom stereocenters. The Kier molecular flexibility index (Phi) is 5.45. The summed E-state index contributed by atoms with van der Waals surface area (Å²) in [6, 6.07) is 13.0. The van der Waals surface area contributed by atoms with Crippen molar-refractivity contribution in [1.82, 2.24) is 25.1 Å². The Morgan fingerprint density at radius 2 is 2.17 bits per heavy atom. The minimum atomic E-state index is -0.0914. The molecule has 1 aromatic carbocycles. The van der Waals surface area contributed by atoms with Crippen LogP contribution in [0, 0.1) is 0 Å². The predicted molar refractivity (Wildman–Crippen MR) is 93.2 cm³/mol. The molecule has 122 valence electrons. The van der Waals surface area contributed by atoms with Gasteiger partial charge in [0.2, 0.25) is 5.91 Å². The molecule has 8 heteroatoms. The van der Waals surface area contributed by atoms with Crippen LogP contribution in [0.3, 0.4) is 0 Å². The summed E-state index contributed by atoms with van der Waals surface area (Å²) >= 11 is 7.32. The largest absolute Gasteiger partial charge is 0.350 e. The van der Waals surface area contributed by atoms with Gasteiger partial charge in [0, 0.05) is 11.2 Å². The third-order valence-corrected chi connectivity index (χ3v) is 4.31. The zero-order valence-corrected chi connectivity index (χ0v) is 14.2. The summed E-state index contributed by atoms with van der Waals surface area (Å²) in [5.41, 5.74) is 1.67. The van der Waals surface area contributed by atoms with Crippen molar-refractivity contribution in [2.24, 2.45) is 0 Å². The number of hydrogen-bond acceptors (Lipinski definition) is 5. The van der Waals surface area contributed by atoms with E-state index in [-0.39, 0.29) is 11.7 Å². The molecule has 0 fully saturated rings. The number of halogens is 1. The number of carbonyl (C=O) groups excluding carboxylic acids is 1. The number of nitrogens with one attached hydrogen (secondary N) is 1. The number of aromatic nitrogens is 4. The van der Waals surface area contributed by atoms with Crippen LogP contribution in [-0.2, 0) is 11.3 Å². The van der Waals surface area contributed by atoms with Crippen molar-refractivity contribution >= 4 is 29.3 Å². The number of carbonyl (C=O) groups is 1. The molecule has 2 heterocycles. The van der Waals surface area contributed by atoms with Gasteiger partial charge in [0.15, 0.2) is 5.16 Å². The van der Waals surface area contributed by atoms with Crippen LogP contribution in [0.2, 0.25) is 5.02 Å². The average molecular weight is 360 g/mol. The third-order valence-electron chi connectivity index (χ3n) is 3.13. The molecule has 0 aliphatic carbocycles. The van der Waals surface area contributed by atoms with Crippen LogP contribution in [0.5, 0.6) is 0 Å². The monoisotopic (exact) mass is 359 g/mol. The number of pyridine rings is 1. The van der Waals surface area contributed by atoms with Gasteiger partial charge in [-0.2, -0.15) is 0 Å². The SMILES string of the molecule is O=C(CSc1nncn1-c1cccc(Cl)c1)NCc1ccccn1. The Morgan fingerprint density at radius 3 is 2.96 bits per heavy atom. The number of nitrogens with zero attached hydrogens (tertiary/aromatic N) is 4. The smallest absolute Gasteiger partial charge is 0.230 e.